The lowest BCUT2D eigenvalue weighted by molar-refractivity contribution is -0.152. The maximum absolute atomic E-state index is 13.0. The van der Waals surface area contributed by atoms with E-state index >= 15 is 0 Å². The Morgan fingerprint density at radius 2 is 1.42 bits per heavy atom. The highest BCUT2D eigenvalue weighted by atomic mass is 16.5. The molecule has 0 bridgehead atoms. The Bertz CT molecular complexity index is 1240. The molecule has 3 aromatic carbocycles. The van der Waals surface area contributed by atoms with Crippen molar-refractivity contribution in [1.82, 2.24) is 0 Å². The van der Waals surface area contributed by atoms with Crippen LogP contribution in [0.15, 0.2) is 121 Å². The fourth-order valence-electron chi connectivity index (χ4n) is 4.82. The Labute approximate surface area is 261 Å². The molecule has 0 spiro atoms. The largest absolute Gasteiger partial charge is 0.497 e. The number of carbonyl (C=O) groups is 1. The standard InChI is InChI=1S/C27H32O3.C7H8O.C3H6.C2H6/c1-5-11-21(19(2)3)25(20-12-7-6-8-13-20)18-30-27(28)24-17-16-22(24)23-14-9-10-15-26(23)29-4;1-8-7-5-3-2-4-6-7;1-3-2;1-2/h5-15,22,24-25H,16-18H2,1-4H3;2-6H,1H3;3H,1H2,2H3;1-2H3/b11-5-;;;/t22-,24-,25?;;;/m1.../s1. The number of rotatable bonds is 9. The summed E-state index contributed by atoms with van der Waals surface area (Å²) in [5.74, 6) is 1.75. The molecule has 0 radical (unpaired) electrons. The zero-order chi connectivity index (χ0) is 32.0. The number of esters is 1. The van der Waals surface area contributed by atoms with Gasteiger partial charge < -0.3 is 14.2 Å². The molecule has 1 unspecified atom stereocenters. The summed E-state index contributed by atoms with van der Waals surface area (Å²) in [6.07, 6.45) is 7.77. The molecule has 4 nitrogen and oxygen atoms in total. The number of allylic oxidation sites excluding steroid dienone is 4. The van der Waals surface area contributed by atoms with E-state index in [0.717, 1.165) is 35.5 Å². The highest BCUT2D eigenvalue weighted by molar-refractivity contribution is 5.75. The van der Waals surface area contributed by atoms with Crippen LogP contribution in [-0.4, -0.2) is 26.8 Å². The van der Waals surface area contributed by atoms with E-state index in [1.54, 1.807) is 20.3 Å². The third kappa shape index (κ3) is 12.0. The van der Waals surface area contributed by atoms with Gasteiger partial charge in [-0.15, -0.1) is 6.58 Å². The van der Waals surface area contributed by atoms with Gasteiger partial charge in [0.2, 0.25) is 0 Å². The van der Waals surface area contributed by atoms with E-state index in [-0.39, 0.29) is 23.7 Å². The molecular weight excluding hydrogens is 532 g/mol. The topological polar surface area (TPSA) is 44.8 Å². The summed E-state index contributed by atoms with van der Waals surface area (Å²) in [4.78, 5) is 13.0. The minimum Gasteiger partial charge on any atom is -0.497 e. The zero-order valence-electron chi connectivity index (χ0n) is 27.5. The lowest BCUT2D eigenvalue weighted by Crippen LogP contribution is -2.33. The lowest BCUT2D eigenvalue weighted by Gasteiger charge is -2.36. The van der Waals surface area contributed by atoms with E-state index in [1.165, 1.54) is 11.1 Å². The monoisotopic (exact) mass is 584 g/mol. The average Bonchev–Trinajstić information content (AvgIpc) is 3.03. The third-order valence-electron chi connectivity index (χ3n) is 6.99. The quantitative estimate of drug-likeness (QED) is 0.143. The van der Waals surface area contributed by atoms with Crippen molar-refractivity contribution in [2.24, 2.45) is 5.92 Å². The first-order valence-electron chi connectivity index (χ1n) is 15.2. The number of methoxy groups -OCH3 is 2. The summed E-state index contributed by atoms with van der Waals surface area (Å²) in [7, 11) is 3.34. The van der Waals surface area contributed by atoms with Gasteiger partial charge in [0.1, 0.15) is 18.1 Å². The van der Waals surface area contributed by atoms with Gasteiger partial charge in [-0.25, -0.2) is 0 Å². The Morgan fingerprint density at radius 3 is 1.88 bits per heavy atom. The van der Waals surface area contributed by atoms with Crippen molar-refractivity contribution in [2.45, 2.75) is 66.2 Å². The summed E-state index contributed by atoms with van der Waals surface area (Å²) in [6.45, 7) is 15.8. The maximum atomic E-state index is 13.0. The van der Waals surface area contributed by atoms with E-state index < -0.39 is 0 Å². The van der Waals surface area contributed by atoms with Gasteiger partial charge in [0.25, 0.3) is 0 Å². The number of hydrogen-bond acceptors (Lipinski definition) is 4. The summed E-state index contributed by atoms with van der Waals surface area (Å²) >= 11 is 0. The molecule has 1 aliphatic carbocycles. The van der Waals surface area contributed by atoms with Gasteiger partial charge in [-0.3, -0.25) is 4.79 Å². The van der Waals surface area contributed by atoms with Gasteiger partial charge in [0.15, 0.2) is 0 Å². The maximum Gasteiger partial charge on any atom is 0.309 e. The van der Waals surface area contributed by atoms with Crippen LogP contribution < -0.4 is 9.47 Å². The van der Waals surface area contributed by atoms with Crippen LogP contribution in [0.1, 0.15) is 77.3 Å². The second-order valence-corrected chi connectivity index (χ2v) is 10.0. The minimum atomic E-state index is -0.105. The van der Waals surface area contributed by atoms with Gasteiger partial charge in [-0.2, -0.15) is 0 Å². The van der Waals surface area contributed by atoms with Crippen LogP contribution in [0.2, 0.25) is 0 Å². The number of para-hydroxylation sites is 2. The van der Waals surface area contributed by atoms with Crippen LogP contribution in [0.25, 0.3) is 0 Å². The molecule has 0 aromatic heterocycles. The molecule has 3 atom stereocenters. The molecule has 0 N–H and O–H groups in total. The van der Waals surface area contributed by atoms with Crippen LogP contribution in [-0.2, 0) is 9.53 Å². The highest BCUT2D eigenvalue weighted by Crippen LogP contribution is 2.46. The Hall–Kier alpha value is -4.05. The smallest absolute Gasteiger partial charge is 0.309 e. The summed E-state index contributed by atoms with van der Waals surface area (Å²) < 4.78 is 16.3. The molecule has 232 valence electrons. The molecule has 0 heterocycles. The second-order valence-electron chi connectivity index (χ2n) is 10.0. The number of ether oxygens (including phenoxy) is 3. The second kappa shape index (κ2) is 21.6. The van der Waals surface area contributed by atoms with Crippen molar-refractivity contribution in [3.05, 3.63) is 132 Å². The SMILES string of the molecule is C/C=C\C(=C(C)C)C(COC(=O)[C@@H]1CC[C@@H]1c1ccccc1OC)c1ccccc1.C=CC.CC.COc1ccccc1. The molecule has 1 saturated carbocycles. The molecule has 43 heavy (non-hydrogen) atoms. The lowest BCUT2D eigenvalue weighted by atomic mass is 9.69. The summed E-state index contributed by atoms with van der Waals surface area (Å²) in [5.41, 5.74) is 4.70. The van der Waals surface area contributed by atoms with Gasteiger partial charge in [0, 0.05) is 11.8 Å². The predicted molar refractivity (Wildman–Crippen MR) is 182 cm³/mol. The third-order valence-corrected chi connectivity index (χ3v) is 6.99. The van der Waals surface area contributed by atoms with Crippen LogP contribution in [0.5, 0.6) is 11.5 Å². The Balaban J connectivity index is 0.000000594. The molecule has 0 aliphatic heterocycles. The molecule has 0 amide bonds. The fourth-order valence-corrected chi connectivity index (χ4v) is 4.82. The van der Waals surface area contributed by atoms with E-state index in [4.69, 9.17) is 14.2 Å². The van der Waals surface area contributed by atoms with E-state index in [9.17, 15) is 4.79 Å². The molecule has 4 rings (SSSR count). The van der Waals surface area contributed by atoms with Gasteiger partial charge in [-0.1, -0.05) is 104 Å². The number of benzene rings is 3. The van der Waals surface area contributed by atoms with Crippen molar-refractivity contribution >= 4 is 5.97 Å². The van der Waals surface area contributed by atoms with Crippen molar-refractivity contribution in [1.29, 1.82) is 0 Å². The van der Waals surface area contributed by atoms with Crippen molar-refractivity contribution in [3.8, 4) is 11.5 Å². The van der Waals surface area contributed by atoms with Crippen molar-refractivity contribution in [2.75, 3.05) is 20.8 Å². The Morgan fingerprint density at radius 1 is 0.860 bits per heavy atom. The van der Waals surface area contributed by atoms with Gasteiger partial charge in [-0.05, 0) is 75.4 Å². The number of carbonyl (C=O) groups excluding carboxylic acids is 1. The van der Waals surface area contributed by atoms with Gasteiger partial charge >= 0.3 is 5.97 Å². The van der Waals surface area contributed by atoms with Crippen LogP contribution in [0, 0.1) is 5.92 Å². The first kappa shape index (κ1) is 37.0. The summed E-state index contributed by atoms with van der Waals surface area (Å²) in [5, 5.41) is 0. The molecule has 0 saturated heterocycles. The molecular formula is C39H52O4. The minimum absolute atomic E-state index is 0.0288. The van der Waals surface area contributed by atoms with E-state index in [2.05, 4.69) is 44.7 Å². The first-order valence-corrected chi connectivity index (χ1v) is 15.2. The summed E-state index contributed by atoms with van der Waals surface area (Å²) in [6, 6.07) is 27.9. The van der Waals surface area contributed by atoms with E-state index in [0.29, 0.717) is 6.61 Å². The fraction of sp³-hybridized carbons (Fsp3) is 0.359. The van der Waals surface area contributed by atoms with E-state index in [1.807, 2.05) is 101 Å². The van der Waals surface area contributed by atoms with Crippen LogP contribution in [0.4, 0.5) is 0 Å². The van der Waals surface area contributed by atoms with Crippen LogP contribution >= 0.6 is 0 Å². The van der Waals surface area contributed by atoms with Gasteiger partial charge in [0.05, 0.1) is 20.1 Å². The molecule has 1 aliphatic rings. The highest BCUT2D eigenvalue weighted by Gasteiger charge is 2.40. The van der Waals surface area contributed by atoms with Crippen molar-refractivity contribution < 1.29 is 19.0 Å². The predicted octanol–water partition coefficient (Wildman–Crippen LogP) is 10.3. The average molecular weight is 585 g/mol. The normalized spacial score (nSPS) is 15.3. The number of hydrogen-bond donors (Lipinski definition) is 0. The molecule has 3 aromatic rings. The first-order chi connectivity index (χ1) is 20.9. The van der Waals surface area contributed by atoms with Crippen LogP contribution in [0.3, 0.4) is 0 Å². The Kier molecular flexibility index (Phi) is 18.6. The molecule has 4 heteroatoms. The molecule has 1 fully saturated rings. The zero-order valence-corrected chi connectivity index (χ0v) is 27.5. The van der Waals surface area contributed by atoms with Crippen molar-refractivity contribution in [3.63, 3.8) is 0 Å².